The third-order valence-electron chi connectivity index (χ3n) is 2.64. The number of nitrogens with one attached hydrogen (secondary N) is 1. The predicted octanol–water partition coefficient (Wildman–Crippen LogP) is -0.771. The average Bonchev–Trinajstić information content (AvgIpc) is 2.15. The normalized spacial score (nSPS) is 22.6. The van der Waals surface area contributed by atoms with Crippen molar-refractivity contribution in [1.29, 1.82) is 0 Å². The van der Waals surface area contributed by atoms with Gasteiger partial charge in [0.25, 0.3) is 10.2 Å². The van der Waals surface area contributed by atoms with Gasteiger partial charge < -0.3 is 10.9 Å². The molecule has 0 spiro atoms. The molecule has 0 heterocycles. The van der Waals surface area contributed by atoms with E-state index in [0.717, 1.165) is 19.3 Å². The summed E-state index contributed by atoms with van der Waals surface area (Å²) in [6, 6.07) is 0. The molecule has 0 aromatic heterocycles. The van der Waals surface area contributed by atoms with E-state index in [0.29, 0.717) is 12.8 Å². The Morgan fingerprint density at radius 2 is 1.87 bits per heavy atom. The van der Waals surface area contributed by atoms with Gasteiger partial charge in [-0.25, -0.2) is 5.14 Å². The van der Waals surface area contributed by atoms with Crippen LogP contribution in [0.1, 0.15) is 32.1 Å². The lowest BCUT2D eigenvalue weighted by Gasteiger charge is -2.35. The van der Waals surface area contributed by atoms with Crippen LogP contribution in [0, 0.1) is 0 Å². The van der Waals surface area contributed by atoms with Crippen LogP contribution in [0.25, 0.3) is 0 Å². The maximum absolute atomic E-state index is 11.0. The molecule has 0 saturated heterocycles. The van der Waals surface area contributed by atoms with Crippen LogP contribution in [0.3, 0.4) is 0 Å². The van der Waals surface area contributed by atoms with Gasteiger partial charge in [0.05, 0.1) is 5.54 Å². The fraction of sp³-hybridized carbons (Fsp3) is 0.857. The van der Waals surface area contributed by atoms with Crippen molar-refractivity contribution in [3.63, 3.8) is 0 Å². The number of oxime groups is 1. The Morgan fingerprint density at radius 3 is 2.27 bits per heavy atom. The van der Waals surface area contributed by atoms with Crippen molar-refractivity contribution in [2.45, 2.75) is 37.6 Å². The Balaban J connectivity index is 2.95. The minimum atomic E-state index is -3.86. The third kappa shape index (κ3) is 3.05. The molecule has 0 bridgehead atoms. The summed E-state index contributed by atoms with van der Waals surface area (Å²) < 4.78 is 24.3. The monoisotopic (exact) mass is 236 g/mol. The standard InChI is InChI=1S/C7H16N4O3S/c8-6(10-12)7(11-15(9,13)14)4-2-1-3-5-7/h11-12H,1-5H2,(H2,8,10)(H2,9,13,14). The van der Waals surface area contributed by atoms with Crippen molar-refractivity contribution in [2.24, 2.45) is 16.0 Å². The molecule has 1 aliphatic carbocycles. The molecule has 0 atom stereocenters. The van der Waals surface area contributed by atoms with E-state index in [-0.39, 0.29) is 5.84 Å². The fourth-order valence-electron chi connectivity index (χ4n) is 1.93. The first-order valence-corrected chi connectivity index (χ1v) is 6.24. The summed E-state index contributed by atoms with van der Waals surface area (Å²) in [5.74, 6) is -0.128. The highest BCUT2D eigenvalue weighted by Gasteiger charge is 2.39. The minimum absolute atomic E-state index is 0.128. The lowest BCUT2D eigenvalue weighted by atomic mass is 9.82. The quantitative estimate of drug-likeness (QED) is 0.222. The topological polar surface area (TPSA) is 131 Å². The zero-order valence-electron chi connectivity index (χ0n) is 8.31. The number of nitrogens with zero attached hydrogens (tertiary/aromatic N) is 1. The summed E-state index contributed by atoms with van der Waals surface area (Å²) >= 11 is 0. The Kier molecular flexibility index (Phi) is 3.53. The van der Waals surface area contributed by atoms with Crippen molar-refractivity contribution in [3.05, 3.63) is 0 Å². The number of amidine groups is 1. The molecule has 7 nitrogen and oxygen atoms in total. The number of nitrogens with two attached hydrogens (primary N) is 2. The van der Waals surface area contributed by atoms with Crippen LogP contribution in [0.5, 0.6) is 0 Å². The van der Waals surface area contributed by atoms with Crippen LogP contribution in [-0.4, -0.2) is 25.0 Å². The summed E-state index contributed by atoms with van der Waals surface area (Å²) in [6.07, 6.45) is 3.64. The van der Waals surface area contributed by atoms with Gasteiger partial charge in [0.1, 0.15) is 0 Å². The molecule has 88 valence electrons. The lowest BCUT2D eigenvalue weighted by molar-refractivity contribution is 0.294. The SMILES string of the molecule is NC(=NO)C1(NS(N)(=O)=O)CCCCC1. The number of hydrogen-bond donors (Lipinski definition) is 4. The van der Waals surface area contributed by atoms with Crippen molar-refractivity contribution in [3.8, 4) is 0 Å². The Labute approximate surface area is 88.7 Å². The lowest BCUT2D eigenvalue weighted by Crippen LogP contribution is -2.59. The zero-order chi connectivity index (χ0) is 11.5. The van der Waals surface area contributed by atoms with Crippen molar-refractivity contribution >= 4 is 16.0 Å². The molecular weight excluding hydrogens is 220 g/mol. The van der Waals surface area contributed by atoms with Crippen LogP contribution in [0.15, 0.2) is 5.16 Å². The Hall–Kier alpha value is -0.860. The van der Waals surface area contributed by atoms with Gasteiger partial charge in [0.15, 0.2) is 5.84 Å². The first kappa shape index (κ1) is 12.2. The van der Waals surface area contributed by atoms with E-state index in [2.05, 4.69) is 9.88 Å². The van der Waals surface area contributed by atoms with Gasteiger partial charge in [-0.2, -0.15) is 13.1 Å². The highest BCUT2D eigenvalue weighted by molar-refractivity contribution is 7.87. The van der Waals surface area contributed by atoms with E-state index in [4.69, 9.17) is 16.1 Å². The maximum Gasteiger partial charge on any atom is 0.275 e. The highest BCUT2D eigenvalue weighted by atomic mass is 32.2. The minimum Gasteiger partial charge on any atom is -0.409 e. The first-order chi connectivity index (χ1) is 6.90. The molecule has 0 aliphatic heterocycles. The van der Waals surface area contributed by atoms with Gasteiger partial charge in [-0.05, 0) is 12.8 Å². The van der Waals surface area contributed by atoms with Crippen LogP contribution >= 0.6 is 0 Å². The zero-order valence-corrected chi connectivity index (χ0v) is 9.13. The second-order valence-corrected chi connectivity index (χ2v) is 5.07. The highest BCUT2D eigenvalue weighted by Crippen LogP contribution is 2.28. The number of rotatable bonds is 3. The van der Waals surface area contributed by atoms with Gasteiger partial charge in [-0.3, -0.25) is 0 Å². The average molecular weight is 236 g/mol. The number of hydrogen-bond acceptors (Lipinski definition) is 4. The smallest absolute Gasteiger partial charge is 0.275 e. The van der Waals surface area contributed by atoms with Crippen LogP contribution in [0.4, 0.5) is 0 Å². The Bertz CT molecular complexity index is 345. The van der Waals surface area contributed by atoms with Crippen LogP contribution < -0.4 is 15.6 Å². The molecule has 1 rings (SSSR count). The molecule has 1 saturated carbocycles. The van der Waals surface area contributed by atoms with Crippen LogP contribution in [0.2, 0.25) is 0 Å². The molecule has 0 amide bonds. The third-order valence-corrected chi connectivity index (χ3v) is 3.32. The summed E-state index contributed by atoms with van der Waals surface area (Å²) in [5, 5.41) is 16.4. The van der Waals surface area contributed by atoms with Crippen LogP contribution in [-0.2, 0) is 10.2 Å². The maximum atomic E-state index is 11.0. The second-order valence-electron chi connectivity index (χ2n) is 3.78. The van der Waals surface area contributed by atoms with E-state index < -0.39 is 15.7 Å². The molecule has 0 radical (unpaired) electrons. The molecule has 8 heteroatoms. The molecular formula is C7H16N4O3S. The van der Waals surface area contributed by atoms with Gasteiger partial charge in [-0.1, -0.05) is 24.4 Å². The Morgan fingerprint density at radius 1 is 1.33 bits per heavy atom. The van der Waals surface area contributed by atoms with E-state index in [1.54, 1.807) is 0 Å². The van der Waals surface area contributed by atoms with E-state index >= 15 is 0 Å². The second kappa shape index (κ2) is 4.33. The van der Waals surface area contributed by atoms with Crippen molar-refractivity contribution in [2.75, 3.05) is 0 Å². The molecule has 1 aliphatic rings. The fourth-order valence-corrected chi connectivity index (χ4v) is 2.79. The summed E-state index contributed by atoms with van der Waals surface area (Å²) in [6.45, 7) is 0. The summed E-state index contributed by atoms with van der Waals surface area (Å²) in [4.78, 5) is 0. The van der Waals surface area contributed by atoms with Crippen molar-refractivity contribution in [1.82, 2.24) is 4.72 Å². The van der Waals surface area contributed by atoms with E-state index in [1.165, 1.54) is 0 Å². The molecule has 0 aromatic carbocycles. The first-order valence-electron chi connectivity index (χ1n) is 4.69. The largest absolute Gasteiger partial charge is 0.409 e. The van der Waals surface area contributed by atoms with E-state index in [1.807, 2.05) is 0 Å². The van der Waals surface area contributed by atoms with Gasteiger partial charge in [0, 0.05) is 0 Å². The molecule has 6 N–H and O–H groups in total. The van der Waals surface area contributed by atoms with Crippen molar-refractivity contribution < 1.29 is 13.6 Å². The predicted molar refractivity (Wildman–Crippen MR) is 55.5 cm³/mol. The molecule has 0 unspecified atom stereocenters. The molecule has 0 aromatic rings. The molecule has 15 heavy (non-hydrogen) atoms. The van der Waals surface area contributed by atoms with Gasteiger partial charge >= 0.3 is 0 Å². The van der Waals surface area contributed by atoms with E-state index in [9.17, 15) is 8.42 Å². The summed E-state index contributed by atoms with van der Waals surface area (Å²) in [5.41, 5.74) is 4.49. The van der Waals surface area contributed by atoms with Gasteiger partial charge in [0.2, 0.25) is 0 Å². The van der Waals surface area contributed by atoms with Gasteiger partial charge in [-0.15, -0.1) is 0 Å². The molecule has 1 fully saturated rings. The summed E-state index contributed by atoms with van der Waals surface area (Å²) in [7, 11) is -3.86.